The SMILES string of the molecule is Cc1ccc([N+](=O)[O-])cc1N[C@H]1O[C@@H](C)[C@@H](O)[C@@H](O)[C@@H]1O. The van der Waals surface area contributed by atoms with Crippen LogP contribution in [0.15, 0.2) is 18.2 Å². The Bertz CT molecular complexity index is 537. The molecular weight excluding hydrogens is 280 g/mol. The Morgan fingerprint density at radius 1 is 1.24 bits per heavy atom. The zero-order chi connectivity index (χ0) is 15.7. The van der Waals surface area contributed by atoms with Gasteiger partial charge in [0.25, 0.3) is 5.69 Å². The summed E-state index contributed by atoms with van der Waals surface area (Å²) in [5.74, 6) is 0. The molecule has 0 unspecified atom stereocenters. The molecule has 2 rings (SSSR count). The molecule has 21 heavy (non-hydrogen) atoms. The minimum Gasteiger partial charge on any atom is -0.388 e. The summed E-state index contributed by atoms with van der Waals surface area (Å²) in [7, 11) is 0. The number of nitro groups is 1. The summed E-state index contributed by atoms with van der Waals surface area (Å²) in [5.41, 5.74) is 1.05. The number of aliphatic hydroxyl groups excluding tert-OH is 3. The average molecular weight is 298 g/mol. The van der Waals surface area contributed by atoms with Crippen molar-refractivity contribution in [3.05, 3.63) is 33.9 Å². The van der Waals surface area contributed by atoms with Crippen LogP contribution in [0.2, 0.25) is 0 Å². The number of benzene rings is 1. The van der Waals surface area contributed by atoms with Crippen molar-refractivity contribution in [3.63, 3.8) is 0 Å². The fourth-order valence-electron chi connectivity index (χ4n) is 2.20. The van der Waals surface area contributed by atoms with Crippen LogP contribution in [0.25, 0.3) is 0 Å². The van der Waals surface area contributed by atoms with Gasteiger partial charge in [-0.3, -0.25) is 10.1 Å². The Hall–Kier alpha value is -1.74. The van der Waals surface area contributed by atoms with Crippen LogP contribution < -0.4 is 5.32 Å². The summed E-state index contributed by atoms with van der Waals surface area (Å²) in [5, 5.41) is 42.9. The summed E-state index contributed by atoms with van der Waals surface area (Å²) in [6, 6.07) is 4.28. The second-order valence-electron chi connectivity index (χ2n) is 5.13. The first kappa shape index (κ1) is 15.6. The lowest BCUT2D eigenvalue weighted by molar-refractivity contribution is -0.384. The molecule has 1 aliphatic heterocycles. The highest BCUT2D eigenvalue weighted by Gasteiger charge is 2.41. The summed E-state index contributed by atoms with van der Waals surface area (Å²) in [6.45, 7) is 3.31. The van der Waals surface area contributed by atoms with Crippen LogP contribution in [0.5, 0.6) is 0 Å². The number of ether oxygens (including phenoxy) is 1. The fourth-order valence-corrected chi connectivity index (χ4v) is 2.20. The maximum absolute atomic E-state index is 10.8. The molecule has 1 fully saturated rings. The number of nitro benzene ring substituents is 1. The lowest BCUT2D eigenvalue weighted by Gasteiger charge is -2.40. The van der Waals surface area contributed by atoms with Crippen LogP contribution in [0, 0.1) is 17.0 Å². The third-order valence-corrected chi connectivity index (χ3v) is 3.58. The Labute approximate surface area is 121 Å². The molecule has 8 nitrogen and oxygen atoms in total. The van der Waals surface area contributed by atoms with Gasteiger partial charge >= 0.3 is 0 Å². The molecule has 8 heteroatoms. The zero-order valence-corrected chi connectivity index (χ0v) is 11.6. The number of rotatable bonds is 3. The molecule has 4 N–H and O–H groups in total. The smallest absolute Gasteiger partial charge is 0.271 e. The first-order chi connectivity index (χ1) is 9.81. The van der Waals surface area contributed by atoms with E-state index in [9.17, 15) is 25.4 Å². The van der Waals surface area contributed by atoms with E-state index in [1.54, 1.807) is 19.9 Å². The van der Waals surface area contributed by atoms with Gasteiger partial charge in [-0.2, -0.15) is 0 Å². The Kier molecular flexibility index (Phi) is 4.43. The van der Waals surface area contributed by atoms with Gasteiger partial charge in [0.05, 0.1) is 11.0 Å². The first-order valence-corrected chi connectivity index (χ1v) is 6.52. The minimum atomic E-state index is -1.36. The molecule has 5 atom stereocenters. The van der Waals surface area contributed by atoms with Crippen LogP contribution in [-0.2, 0) is 4.74 Å². The van der Waals surface area contributed by atoms with Crippen molar-refractivity contribution >= 4 is 11.4 Å². The quantitative estimate of drug-likeness (QED) is 0.462. The molecule has 1 aromatic carbocycles. The molecule has 1 aromatic rings. The number of nitrogens with one attached hydrogen (secondary N) is 1. The van der Waals surface area contributed by atoms with Crippen molar-refractivity contribution in [1.82, 2.24) is 0 Å². The van der Waals surface area contributed by atoms with Gasteiger partial charge in [-0.15, -0.1) is 0 Å². The Morgan fingerprint density at radius 3 is 2.52 bits per heavy atom. The third-order valence-electron chi connectivity index (χ3n) is 3.58. The van der Waals surface area contributed by atoms with Crippen LogP contribution >= 0.6 is 0 Å². The van der Waals surface area contributed by atoms with Crippen molar-refractivity contribution in [2.75, 3.05) is 5.32 Å². The van der Waals surface area contributed by atoms with Gasteiger partial charge in [0.15, 0.2) is 6.23 Å². The predicted octanol–water partition coefficient (Wildman–Crippen LogP) is 0.143. The number of nitrogens with zero attached hydrogens (tertiary/aromatic N) is 1. The van der Waals surface area contributed by atoms with E-state index in [1.807, 2.05) is 0 Å². The van der Waals surface area contributed by atoms with Gasteiger partial charge in [0.2, 0.25) is 0 Å². The zero-order valence-electron chi connectivity index (χ0n) is 11.6. The number of non-ortho nitro benzene ring substituents is 1. The van der Waals surface area contributed by atoms with E-state index >= 15 is 0 Å². The van der Waals surface area contributed by atoms with Gasteiger partial charge in [0, 0.05) is 17.8 Å². The Morgan fingerprint density at radius 2 is 1.90 bits per heavy atom. The molecular formula is C13H18N2O6. The second-order valence-corrected chi connectivity index (χ2v) is 5.13. The monoisotopic (exact) mass is 298 g/mol. The van der Waals surface area contributed by atoms with Crippen LogP contribution in [0.3, 0.4) is 0 Å². The third kappa shape index (κ3) is 3.13. The normalized spacial score (nSPS) is 32.7. The lowest BCUT2D eigenvalue weighted by atomic mass is 9.99. The summed E-state index contributed by atoms with van der Waals surface area (Å²) >= 11 is 0. The molecule has 116 valence electrons. The van der Waals surface area contributed by atoms with Crippen molar-refractivity contribution in [1.29, 1.82) is 0 Å². The standard InChI is InChI=1S/C13H18N2O6/c1-6-3-4-8(15(19)20)5-9(6)14-13-12(18)11(17)10(16)7(2)21-13/h3-5,7,10-14,16-18H,1-2H3/t7-,10+,11+,12-,13-/m0/s1. The highest BCUT2D eigenvalue weighted by Crippen LogP contribution is 2.26. The number of aliphatic hydroxyl groups is 3. The van der Waals surface area contributed by atoms with E-state index in [0.717, 1.165) is 5.56 Å². The van der Waals surface area contributed by atoms with Gasteiger partial charge in [0.1, 0.15) is 18.3 Å². The molecule has 0 aromatic heterocycles. The van der Waals surface area contributed by atoms with Gasteiger partial charge in [-0.1, -0.05) is 6.07 Å². The van der Waals surface area contributed by atoms with Crippen molar-refractivity contribution in [3.8, 4) is 0 Å². The van der Waals surface area contributed by atoms with E-state index in [-0.39, 0.29) is 5.69 Å². The largest absolute Gasteiger partial charge is 0.388 e. The van der Waals surface area contributed by atoms with E-state index in [4.69, 9.17) is 4.74 Å². The van der Waals surface area contributed by atoms with E-state index in [2.05, 4.69) is 5.32 Å². The predicted molar refractivity (Wildman–Crippen MR) is 73.8 cm³/mol. The molecule has 0 spiro atoms. The highest BCUT2D eigenvalue weighted by atomic mass is 16.6. The van der Waals surface area contributed by atoms with Gasteiger partial charge in [-0.25, -0.2) is 0 Å². The van der Waals surface area contributed by atoms with E-state index < -0.39 is 35.6 Å². The summed E-state index contributed by atoms with van der Waals surface area (Å²) in [4.78, 5) is 10.3. The molecule has 0 aliphatic carbocycles. The molecule has 0 saturated carbocycles. The lowest BCUT2D eigenvalue weighted by Crippen LogP contribution is -2.58. The van der Waals surface area contributed by atoms with Crippen LogP contribution in [-0.4, -0.2) is 50.9 Å². The summed E-state index contributed by atoms with van der Waals surface area (Å²) < 4.78 is 5.40. The summed E-state index contributed by atoms with van der Waals surface area (Å²) in [6.07, 6.45) is -5.55. The number of aryl methyl sites for hydroxylation is 1. The van der Waals surface area contributed by atoms with Crippen molar-refractivity contribution in [2.45, 2.75) is 44.5 Å². The highest BCUT2D eigenvalue weighted by molar-refractivity contribution is 5.57. The number of hydrogen-bond acceptors (Lipinski definition) is 7. The first-order valence-electron chi connectivity index (χ1n) is 6.52. The fraction of sp³-hybridized carbons (Fsp3) is 0.538. The van der Waals surface area contributed by atoms with E-state index in [0.29, 0.717) is 5.69 Å². The number of hydrogen-bond donors (Lipinski definition) is 4. The molecule has 0 amide bonds. The van der Waals surface area contributed by atoms with Gasteiger partial charge in [-0.05, 0) is 19.4 Å². The minimum absolute atomic E-state index is 0.0953. The average Bonchev–Trinajstić information content (AvgIpc) is 2.44. The molecule has 1 aliphatic rings. The second kappa shape index (κ2) is 5.94. The van der Waals surface area contributed by atoms with Gasteiger partial charge < -0.3 is 25.4 Å². The topological polar surface area (TPSA) is 125 Å². The van der Waals surface area contributed by atoms with E-state index in [1.165, 1.54) is 12.1 Å². The molecule has 1 saturated heterocycles. The molecule has 0 bridgehead atoms. The Balaban J connectivity index is 2.21. The van der Waals surface area contributed by atoms with Crippen LogP contribution in [0.4, 0.5) is 11.4 Å². The van der Waals surface area contributed by atoms with Crippen molar-refractivity contribution < 1.29 is 25.0 Å². The van der Waals surface area contributed by atoms with Crippen molar-refractivity contribution in [2.24, 2.45) is 0 Å². The maximum Gasteiger partial charge on any atom is 0.271 e. The molecule has 1 heterocycles. The number of anilines is 1. The maximum atomic E-state index is 10.8. The molecule has 0 radical (unpaired) electrons. The van der Waals surface area contributed by atoms with Crippen LogP contribution in [0.1, 0.15) is 12.5 Å².